The number of halogens is 1. The molecule has 0 saturated heterocycles. The highest BCUT2D eigenvalue weighted by Gasteiger charge is 2.16. The Labute approximate surface area is 193 Å². The van der Waals surface area contributed by atoms with Crippen LogP contribution in [0, 0.1) is 6.92 Å². The van der Waals surface area contributed by atoms with Crippen molar-refractivity contribution in [3.63, 3.8) is 0 Å². The molecular weight excluding hydrogens is 452 g/mol. The Kier molecular flexibility index (Phi) is 6.80. The Morgan fingerprint density at radius 2 is 2.06 bits per heavy atom. The maximum absolute atomic E-state index is 12.5. The molecule has 6 nitrogen and oxygen atoms in total. The van der Waals surface area contributed by atoms with E-state index < -0.39 is 0 Å². The molecule has 160 valence electrons. The van der Waals surface area contributed by atoms with Gasteiger partial charge in [0.05, 0.1) is 17.0 Å². The van der Waals surface area contributed by atoms with Gasteiger partial charge in [0, 0.05) is 28.2 Å². The van der Waals surface area contributed by atoms with Crippen LogP contribution in [0.15, 0.2) is 53.4 Å². The summed E-state index contributed by atoms with van der Waals surface area (Å²) in [4.78, 5) is 18.3. The van der Waals surface area contributed by atoms with Crippen LogP contribution in [0.25, 0.3) is 15.3 Å². The fourth-order valence-electron chi connectivity index (χ4n) is 3.01. The molecule has 31 heavy (non-hydrogen) atoms. The van der Waals surface area contributed by atoms with Crippen molar-refractivity contribution in [2.45, 2.75) is 25.2 Å². The molecule has 2 heterocycles. The number of amides is 1. The molecule has 1 N–H and O–H groups in total. The van der Waals surface area contributed by atoms with E-state index in [0.717, 1.165) is 26.6 Å². The monoisotopic (exact) mass is 472 g/mol. The van der Waals surface area contributed by atoms with Crippen molar-refractivity contribution in [3.05, 3.63) is 59.2 Å². The second kappa shape index (κ2) is 9.72. The lowest BCUT2D eigenvalue weighted by Gasteiger charge is -2.06. The second-order valence-corrected chi connectivity index (χ2v) is 9.33. The molecule has 0 aliphatic rings. The number of hydrogen-bond acceptors (Lipinski definition) is 6. The minimum absolute atomic E-state index is 0.0706. The second-order valence-electron chi connectivity index (χ2n) is 6.72. The number of para-hydroxylation sites is 1. The molecule has 1 amide bonds. The van der Waals surface area contributed by atoms with Gasteiger partial charge in [0.25, 0.3) is 0 Å². The van der Waals surface area contributed by atoms with Gasteiger partial charge in [0.15, 0.2) is 0 Å². The van der Waals surface area contributed by atoms with Crippen LogP contribution >= 0.6 is 34.7 Å². The van der Waals surface area contributed by atoms with Crippen molar-refractivity contribution >= 4 is 56.6 Å². The largest absolute Gasteiger partial charge is 0.492 e. The van der Waals surface area contributed by atoms with Crippen LogP contribution < -0.4 is 10.1 Å². The number of nitrogens with one attached hydrogen (secondary N) is 1. The van der Waals surface area contributed by atoms with E-state index >= 15 is 0 Å². The van der Waals surface area contributed by atoms with E-state index in [1.807, 2.05) is 62.4 Å². The average Bonchev–Trinajstić information content (AvgIpc) is 3.33. The lowest BCUT2D eigenvalue weighted by molar-refractivity contribution is -0.115. The summed E-state index contributed by atoms with van der Waals surface area (Å²) < 4.78 is 8.38. The fourth-order valence-corrected chi connectivity index (χ4v) is 4.93. The van der Waals surface area contributed by atoms with Gasteiger partial charge >= 0.3 is 0 Å². The number of fused-ring (bicyclic) bond motifs is 1. The molecule has 4 rings (SSSR count). The third-order valence-electron chi connectivity index (χ3n) is 4.36. The zero-order valence-corrected chi connectivity index (χ0v) is 19.5. The number of hydrogen-bond donors (Lipinski definition) is 1. The van der Waals surface area contributed by atoms with Crippen molar-refractivity contribution in [3.8, 4) is 10.9 Å². The van der Waals surface area contributed by atoms with Gasteiger partial charge in [0.1, 0.15) is 17.1 Å². The third-order valence-corrected chi connectivity index (χ3v) is 6.62. The molecule has 0 aliphatic heterocycles. The number of carbonyl (C=O) groups excluding carboxylic acids is 1. The SMILES string of the molecule is CCOc1cccc2sc(-n3nc(C)cc3NC(=O)CCSc3ccc(Cl)cc3)nc12. The number of benzene rings is 2. The van der Waals surface area contributed by atoms with Gasteiger partial charge in [-0.25, -0.2) is 4.98 Å². The zero-order valence-electron chi connectivity index (χ0n) is 17.1. The number of thioether (sulfide) groups is 1. The maximum atomic E-state index is 12.5. The van der Waals surface area contributed by atoms with E-state index in [4.69, 9.17) is 21.3 Å². The Bertz CT molecular complexity index is 1200. The smallest absolute Gasteiger partial charge is 0.226 e. The molecule has 0 atom stereocenters. The van der Waals surface area contributed by atoms with Crippen LogP contribution in [0.2, 0.25) is 5.02 Å². The Hall–Kier alpha value is -2.55. The maximum Gasteiger partial charge on any atom is 0.226 e. The highest BCUT2D eigenvalue weighted by molar-refractivity contribution is 7.99. The van der Waals surface area contributed by atoms with Crippen LogP contribution in [0.1, 0.15) is 19.0 Å². The molecule has 0 aliphatic carbocycles. The van der Waals surface area contributed by atoms with Crippen molar-refractivity contribution in [1.29, 1.82) is 0 Å². The van der Waals surface area contributed by atoms with Gasteiger partial charge in [-0.15, -0.1) is 11.8 Å². The van der Waals surface area contributed by atoms with E-state index in [1.54, 1.807) is 16.4 Å². The lowest BCUT2D eigenvalue weighted by atomic mass is 10.3. The van der Waals surface area contributed by atoms with Crippen molar-refractivity contribution in [2.75, 3.05) is 17.7 Å². The van der Waals surface area contributed by atoms with Crippen LogP contribution in [0.5, 0.6) is 5.75 Å². The van der Waals surface area contributed by atoms with Gasteiger partial charge < -0.3 is 10.1 Å². The number of anilines is 1. The first-order valence-electron chi connectivity index (χ1n) is 9.81. The van der Waals surface area contributed by atoms with Gasteiger partial charge in [-0.2, -0.15) is 9.78 Å². The highest BCUT2D eigenvalue weighted by Crippen LogP contribution is 2.32. The Balaban J connectivity index is 1.47. The molecule has 4 aromatic rings. The van der Waals surface area contributed by atoms with Crippen LogP contribution in [-0.2, 0) is 4.79 Å². The molecule has 0 saturated carbocycles. The zero-order chi connectivity index (χ0) is 21.8. The van der Waals surface area contributed by atoms with E-state index in [1.165, 1.54) is 11.3 Å². The normalized spacial score (nSPS) is 11.1. The van der Waals surface area contributed by atoms with Crippen LogP contribution in [0.3, 0.4) is 0 Å². The molecule has 2 aromatic carbocycles. The van der Waals surface area contributed by atoms with Crippen molar-refractivity contribution < 1.29 is 9.53 Å². The number of nitrogens with zero attached hydrogens (tertiary/aromatic N) is 3. The van der Waals surface area contributed by atoms with Crippen molar-refractivity contribution in [1.82, 2.24) is 14.8 Å². The van der Waals surface area contributed by atoms with Crippen LogP contribution in [0.4, 0.5) is 5.82 Å². The van der Waals surface area contributed by atoms with E-state index in [9.17, 15) is 4.79 Å². The summed E-state index contributed by atoms with van der Waals surface area (Å²) in [6.45, 7) is 4.41. The first-order valence-corrected chi connectivity index (χ1v) is 12.0. The summed E-state index contributed by atoms with van der Waals surface area (Å²) in [7, 11) is 0. The molecule has 9 heteroatoms. The number of aryl methyl sites for hydroxylation is 1. The number of thiazole rings is 1. The fraction of sp³-hybridized carbons (Fsp3) is 0.227. The van der Waals surface area contributed by atoms with E-state index in [0.29, 0.717) is 34.8 Å². The molecule has 0 bridgehead atoms. The third kappa shape index (κ3) is 5.20. The summed E-state index contributed by atoms with van der Waals surface area (Å²) in [5.74, 6) is 1.95. The van der Waals surface area contributed by atoms with E-state index in [2.05, 4.69) is 10.4 Å². The average molecular weight is 473 g/mol. The number of carbonyl (C=O) groups is 1. The standard InChI is InChI=1S/C22H21ClN4O2S2/c1-3-29-17-5-4-6-18-21(17)25-22(31-18)27-19(13-14(2)26-27)24-20(28)11-12-30-16-9-7-15(23)8-10-16/h4-10,13H,3,11-12H2,1-2H3,(H,24,28). The summed E-state index contributed by atoms with van der Waals surface area (Å²) in [6.07, 6.45) is 0.381. The Morgan fingerprint density at radius 1 is 1.26 bits per heavy atom. The Morgan fingerprint density at radius 3 is 2.84 bits per heavy atom. The van der Waals surface area contributed by atoms with Gasteiger partial charge in [0.2, 0.25) is 11.0 Å². The minimum Gasteiger partial charge on any atom is -0.492 e. The quantitative estimate of drug-likeness (QED) is 0.320. The first-order chi connectivity index (χ1) is 15.0. The minimum atomic E-state index is -0.0706. The number of ether oxygens (including phenoxy) is 1. The topological polar surface area (TPSA) is 69.0 Å². The van der Waals surface area contributed by atoms with Crippen LogP contribution in [-0.4, -0.2) is 33.0 Å². The number of aromatic nitrogens is 3. The summed E-state index contributed by atoms with van der Waals surface area (Å²) in [5.41, 5.74) is 1.60. The first kappa shape index (κ1) is 21.7. The number of rotatable bonds is 8. The summed E-state index contributed by atoms with van der Waals surface area (Å²) in [6, 6.07) is 15.3. The van der Waals surface area contributed by atoms with Gasteiger partial charge in [-0.3, -0.25) is 4.79 Å². The predicted octanol–water partition coefficient (Wildman–Crippen LogP) is 5.96. The summed E-state index contributed by atoms with van der Waals surface area (Å²) >= 11 is 9.03. The predicted molar refractivity (Wildman–Crippen MR) is 128 cm³/mol. The summed E-state index contributed by atoms with van der Waals surface area (Å²) in [5, 5.41) is 8.89. The molecule has 0 spiro atoms. The van der Waals surface area contributed by atoms with Crippen molar-refractivity contribution in [2.24, 2.45) is 0 Å². The molecule has 0 fully saturated rings. The molecule has 0 radical (unpaired) electrons. The highest BCUT2D eigenvalue weighted by atomic mass is 35.5. The molecular formula is C22H21ClN4O2S2. The lowest BCUT2D eigenvalue weighted by Crippen LogP contribution is -2.15. The van der Waals surface area contributed by atoms with E-state index in [-0.39, 0.29) is 5.91 Å². The molecule has 0 unspecified atom stereocenters. The van der Waals surface area contributed by atoms with Gasteiger partial charge in [-0.1, -0.05) is 29.0 Å². The van der Waals surface area contributed by atoms with Gasteiger partial charge in [-0.05, 0) is 50.2 Å². The molecule has 2 aromatic heterocycles.